The molecule has 0 saturated carbocycles. The molecule has 0 radical (unpaired) electrons. The highest BCUT2D eigenvalue weighted by molar-refractivity contribution is 9.10. The number of halogens is 1. The second-order valence-electron chi connectivity index (χ2n) is 4.18. The molecule has 1 unspecified atom stereocenters. The molecule has 0 N–H and O–H groups in total. The van der Waals surface area contributed by atoms with Crippen LogP contribution in [0.1, 0.15) is 26.2 Å². The summed E-state index contributed by atoms with van der Waals surface area (Å²) in [5.74, 6) is 1.96. The zero-order chi connectivity index (χ0) is 10.7. The topological polar surface area (TPSA) is 16.1 Å². The van der Waals surface area contributed by atoms with E-state index in [-0.39, 0.29) is 0 Å². The van der Waals surface area contributed by atoms with Gasteiger partial charge in [-0.05, 0) is 46.8 Å². The van der Waals surface area contributed by atoms with Gasteiger partial charge in [-0.2, -0.15) is 0 Å². The van der Waals surface area contributed by atoms with Gasteiger partial charge in [0.25, 0.3) is 0 Å². The molecule has 1 aliphatic rings. The van der Waals surface area contributed by atoms with Crippen molar-refractivity contribution in [1.82, 2.24) is 4.98 Å². The Bertz CT molecular complexity index is 327. The summed E-state index contributed by atoms with van der Waals surface area (Å²) in [6.07, 6.45) is 3.96. The smallest absolute Gasteiger partial charge is 0.129 e. The quantitative estimate of drug-likeness (QED) is 0.764. The van der Waals surface area contributed by atoms with Gasteiger partial charge in [0.15, 0.2) is 0 Å². The number of nitrogens with zero attached hydrogens (tertiary/aromatic N) is 2. The molecule has 1 aliphatic heterocycles. The van der Waals surface area contributed by atoms with Crippen LogP contribution in [0.15, 0.2) is 22.8 Å². The number of hydrogen-bond acceptors (Lipinski definition) is 2. The Hall–Kier alpha value is -0.570. The summed E-state index contributed by atoms with van der Waals surface area (Å²) in [6.45, 7) is 4.60. The number of anilines is 1. The van der Waals surface area contributed by atoms with E-state index >= 15 is 0 Å². The molecule has 0 bridgehead atoms. The molecular weight excluding hydrogens is 252 g/mol. The van der Waals surface area contributed by atoms with Crippen molar-refractivity contribution < 1.29 is 0 Å². The lowest BCUT2D eigenvalue weighted by atomic mass is 9.96. The Morgan fingerprint density at radius 3 is 3.13 bits per heavy atom. The molecule has 1 aromatic heterocycles. The highest BCUT2D eigenvalue weighted by Gasteiger charge is 2.19. The molecule has 1 fully saturated rings. The third kappa shape index (κ3) is 2.71. The molecule has 2 heterocycles. The van der Waals surface area contributed by atoms with Gasteiger partial charge in [-0.3, -0.25) is 0 Å². The Morgan fingerprint density at radius 1 is 1.53 bits per heavy atom. The van der Waals surface area contributed by atoms with Crippen LogP contribution in [0.2, 0.25) is 0 Å². The second kappa shape index (κ2) is 4.97. The maximum absolute atomic E-state index is 4.51. The predicted molar refractivity (Wildman–Crippen MR) is 67.2 cm³/mol. The minimum atomic E-state index is 0.847. The first-order valence-corrected chi connectivity index (χ1v) is 6.46. The van der Waals surface area contributed by atoms with E-state index in [1.54, 1.807) is 0 Å². The van der Waals surface area contributed by atoms with Crippen molar-refractivity contribution >= 4 is 21.7 Å². The van der Waals surface area contributed by atoms with E-state index in [0.29, 0.717) is 0 Å². The highest BCUT2D eigenvalue weighted by Crippen LogP contribution is 2.24. The maximum atomic E-state index is 4.51. The molecule has 3 heteroatoms. The van der Waals surface area contributed by atoms with Crippen molar-refractivity contribution in [2.75, 3.05) is 18.0 Å². The summed E-state index contributed by atoms with van der Waals surface area (Å²) in [5, 5.41) is 0. The molecule has 1 saturated heterocycles. The SMILES string of the molecule is CCC1CCCN(c2cccc(Br)n2)C1. The second-order valence-corrected chi connectivity index (χ2v) is 4.99. The van der Waals surface area contributed by atoms with Gasteiger partial charge >= 0.3 is 0 Å². The van der Waals surface area contributed by atoms with Gasteiger partial charge in [0.05, 0.1) is 0 Å². The van der Waals surface area contributed by atoms with Gasteiger partial charge in [0, 0.05) is 13.1 Å². The van der Waals surface area contributed by atoms with Crippen molar-refractivity contribution in [3.8, 4) is 0 Å². The summed E-state index contributed by atoms with van der Waals surface area (Å²) in [4.78, 5) is 6.91. The van der Waals surface area contributed by atoms with Crippen LogP contribution in [0.5, 0.6) is 0 Å². The van der Waals surface area contributed by atoms with Crippen molar-refractivity contribution in [3.05, 3.63) is 22.8 Å². The number of aromatic nitrogens is 1. The van der Waals surface area contributed by atoms with Crippen LogP contribution < -0.4 is 4.90 Å². The van der Waals surface area contributed by atoms with Crippen LogP contribution >= 0.6 is 15.9 Å². The van der Waals surface area contributed by atoms with Gasteiger partial charge in [-0.15, -0.1) is 0 Å². The van der Waals surface area contributed by atoms with Crippen LogP contribution in [0.4, 0.5) is 5.82 Å². The zero-order valence-electron chi connectivity index (χ0n) is 9.12. The van der Waals surface area contributed by atoms with Crippen LogP contribution in [0.25, 0.3) is 0 Å². The molecule has 0 spiro atoms. The van der Waals surface area contributed by atoms with Crippen molar-refractivity contribution in [2.24, 2.45) is 5.92 Å². The van der Waals surface area contributed by atoms with Gasteiger partial charge in [-0.25, -0.2) is 4.98 Å². The van der Waals surface area contributed by atoms with E-state index in [2.05, 4.69) is 44.9 Å². The van der Waals surface area contributed by atoms with Gasteiger partial charge in [-0.1, -0.05) is 19.4 Å². The molecular formula is C12H17BrN2. The largest absolute Gasteiger partial charge is 0.356 e. The molecule has 2 rings (SSSR count). The van der Waals surface area contributed by atoms with E-state index < -0.39 is 0 Å². The van der Waals surface area contributed by atoms with Crippen molar-refractivity contribution in [2.45, 2.75) is 26.2 Å². The minimum Gasteiger partial charge on any atom is -0.356 e. The maximum Gasteiger partial charge on any atom is 0.129 e. The van der Waals surface area contributed by atoms with Crippen LogP contribution in [-0.4, -0.2) is 18.1 Å². The summed E-state index contributed by atoms with van der Waals surface area (Å²) < 4.78 is 0.929. The van der Waals surface area contributed by atoms with Gasteiger partial charge < -0.3 is 4.90 Å². The van der Waals surface area contributed by atoms with E-state index in [1.807, 2.05) is 6.07 Å². The summed E-state index contributed by atoms with van der Waals surface area (Å²) in [7, 11) is 0. The Morgan fingerprint density at radius 2 is 2.40 bits per heavy atom. The number of pyridine rings is 1. The third-order valence-electron chi connectivity index (χ3n) is 3.12. The van der Waals surface area contributed by atoms with Crippen molar-refractivity contribution in [1.29, 1.82) is 0 Å². The molecule has 1 aromatic rings. The number of piperidine rings is 1. The number of rotatable bonds is 2. The first-order valence-electron chi connectivity index (χ1n) is 5.67. The van der Waals surface area contributed by atoms with E-state index in [9.17, 15) is 0 Å². The molecule has 0 aliphatic carbocycles. The average molecular weight is 269 g/mol. The van der Waals surface area contributed by atoms with Gasteiger partial charge in [0.1, 0.15) is 10.4 Å². The predicted octanol–water partition coefficient (Wildman–Crippen LogP) is 3.47. The molecule has 1 atom stereocenters. The van der Waals surface area contributed by atoms with Crippen LogP contribution in [0, 0.1) is 5.92 Å². The normalized spacial score (nSPS) is 21.7. The molecule has 0 aromatic carbocycles. The van der Waals surface area contributed by atoms with Crippen LogP contribution in [0.3, 0.4) is 0 Å². The van der Waals surface area contributed by atoms with E-state index in [0.717, 1.165) is 22.9 Å². The highest BCUT2D eigenvalue weighted by atomic mass is 79.9. The van der Waals surface area contributed by atoms with Crippen LogP contribution in [-0.2, 0) is 0 Å². The molecule has 15 heavy (non-hydrogen) atoms. The Kier molecular flexibility index (Phi) is 3.62. The fourth-order valence-corrected chi connectivity index (χ4v) is 2.51. The zero-order valence-corrected chi connectivity index (χ0v) is 10.7. The van der Waals surface area contributed by atoms with E-state index in [4.69, 9.17) is 0 Å². The first kappa shape index (κ1) is 10.9. The Labute approximate surface area is 99.8 Å². The first-order chi connectivity index (χ1) is 7.29. The fourth-order valence-electron chi connectivity index (χ4n) is 2.18. The summed E-state index contributed by atoms with van der Waals surface area (Å²) in [5.41, 5.74) is 0. The third-order valence-corrected chi connectivity index (χ3v) is 3.56. The molecule has 2 nitrogen and oxygen atoms in total. The standard InChI is InChI=1S/C12H17BrN2/c1-2-10-5-4-8-15(9-10)12-7-3-6-11(13)14-12/h3,6-7,10H,2,4-5,8-9H2,1H3. The van der Waals surface area contributed by atoms with E-state index in [1.165, 1.54) is 25.8 Å². The monoisotopic (exact) mass is 268 g/mol. The van der Waals surface area contributed by atoms with Gasteiger partial charge in [0.2, 0.25) is 0 Å². The lowest BCUT2D eigenvalue weighted by molar-refractivity contribution is 0.403. The lowest BCUT2D eigenvalue weighted by Gasteiger charge is -2.33. The Balaban J connectivity index is 2.09. The molecule has 0 amide bonds. The summed E-state index contributed by atoms with van der Waals surface area (Å²) in [6, 6.07) is 6.13. The number of hydrogen-bond donors (Lipinski definition) is 0. The lowest BCUT2D eigenvalue weighted by Crippen LogP contribution is -2.35. The summed E-state index contributed by atoms with van der Waals surface area (Å²) >= 11 is 3.42. The average Bonchev–Trinajstić information content (AvgIpc) is 2.29. The van der Waals surface area contributed by atoms with Crippen molar-refractivity contribution in [3.63, 3.8) is 0 Å². The molecule has 82 valence electrons. The fraction of sp³-hybridized carbons (Fsp3) is 0.583. The minimum absolute atomic E-state index is 0.847.